The first-order chi connectivity index (χ1) is 10.6. The Labute approximate surface area is 130 Å². The molecule has 0 unspecified atom stereocenters. The van der Waals surface area contributed by atoms with E-state index in [1.807, 2.05) is 0 Å². The van der Waals surface area contributed by atoms with Crippen LogP contribution in [0, 0.1) is 0 Å². The number of rotatable bonds is 5. The number of nitrogens with one attached hydrogen (secondary N) is 1. The van der Waals surface area contributed by atoms with Gasteiger partial charge in [-0.05, 0) is 38.5 Å². The van der Waals surface area contributed by atoms with Gasteiger partial charge >= 0.3 is 12.1 Å². The molecule has 0 radical (unpaired) electrons. The maximum atomic E-state index is 11.7. The van der Waals surface area contributed by atoms with Crippen molar-refractivity contribution in [2.45, 2.75) is 38.8 Å². The molecule has 7 nitrogen and oxygen atoms in total. The molecule has 0 aliphatic carbocycles. The molecule has 122 valence electrons. The van der Waals surface area contributed by atoms with Crippen molar-refractivity contribution in [2.75, 3.05) is 7.09 Å². The number of amides is 1. The van der Waals surface area contributed by atoms with E-state index >= 15 is 0 Å². The largest absolute Gasteiger partial charge is 0.504 e. The molecule has 0 aliphatic heterocycles. The predicted molar refractivity (Wildman–Crippen MR) is 79.2 cm³/mol. The van der Waals surface area contributed by atoms with E-state index < -0.39 is 23.7 Å². The van der Waals surface area contributed by atoms with Crippen molar-refractivity contribution in [3.63, 3.8) is 0 Å². The number of methoxy groups -OCH3 is 1. The van der Waals surface area contributed by atoms with Crippen molar-refractivity contribution in [3.05, 3.63) is 23.8 Å². The lowest BCUT2D eigenvalue weighted by atomic mass is 10.1. The van der Waals surface area contributed by atoms with Crippen molar-refractivity contribution in [2.24, 2.45) is 0 Å². The van der Waals surface area contributed by atoms with E-state index in [4.69, 9.17) is 10.8 Å². The number of alkyl carbamates (subject to hydrolysis) is 1. The monoisotopic (exact) mass is 312 g/mol. The SMILES string of the molecule is [2H]COc1cc(C[C@H](NC(=O)OC(C)(C)C)C(=O)O)ccc1O. The Morgan fingerprint density at radius 2 is 2.09 bits per heavy atom. The number of hydrogen-bond donors (Lipinski definition) is 3. The van der Waals surface area contributed by atoms with Crippen LogP contribution in [0.4, 0.5) is 4.79 Å². The lowest BCUT2D eigenvalue weighted by Crippen LogP contribution is -2.44. The number of carboxylic acid groups (broad SMARTS) is 1. The summed E-state index contributed by atoms with van der Waals surface area (Å²) >= 11 is 0. The first-order valence-corrected chi connectivity index (χ1v) is 6.58. The minimum atomic E-state index is -1.22. The summed E-state index contributed by atoms with van der Waals surface area (Å²) in [6.07, 6.45) is -0.852. The first kappa shape index (κ1) is 15.9. The molecular weight excluding hydrogens is 290 g/mol. The van der Waals surface area contributed by atoms with Gasteiger partial charge in [-0.25, -0.2) is 9.59 Å². The predicted octanol–water partition coefficient (Wildman–Crippen LogP) is 1.92. The number of aliphatic carboxylic acids is 1. The molecule has 1 amide bonds. The minimum Gasteiger partial charge on any atom is -0.504 e. The summed E-state index contributed by atoms with van der Waals surface area (Å²) in [6.45, 7) is 5.02. The van der Waals surface area contributed by atoms with E-state index in [-0.39, 0.29) is 25.0 Å². The second-order valence-corrected chi connectivity index (χ2v) is 5.69. The van der Waals surface area contributed by atoms with E-state index in [1.165, 1.54) is 18.2 Å². The maximum absolute atomic E-state index is 11.7. The lowest BCUT2D eigenvalue weighted by Gasteiger charge is -2.22. The van der Waals surface area contributed by atoms with Gasteiger partial charge < -0.3 is 25.0 Å². The second kappa shape index (κ2) is 7.02. The number of phenols is 1. The Morgan fingerprint density at radius 1 is 1.41 bits per heavy atom. The van der Waals surface area contributed by atoms with Crippen LogP contribution in [0.1, 0.15) is 27.7 Å². The quantitative estimate of drug-likeness (QED) is 0.767. The van der Waals surface area contributed by atoms with Gasteiger partial charge in [-0.3, -0.25) is 0 Å². The fourth-order valence-electron chi connectivity index (χ4n) is 1.69. The number of phenolic OH excluding ortho intramolecular Hbond substituents is 1. The number of aromatic hydroxyl groups is 1. The van der Waals surface area contributed by atoms with E-state index in [0.29, 0.717) is 5.56 Å². The Morgan fingerprint density at radius 3 is 2.64 bits per heavy atom. The maximum Gasteiger partial charge on any atom is 0.408 e. The van der Waals surface area contributed by atoms with Gasteiger partial charge in [0.05, 0.1) is 8.46 Å². The molecule has 1 aromatic carbocycles. The Hall–Kier alpha value is -2.44. The summed E-state index contributed by atoms with van der Waals surface area (Å²) < 4.78 is 17.0. The summed E-state index contributed by atoms with van der Waals surface area (Å²) in [5, 5.41) is 21.1. The highest BCUT2D eigenvalue weighted by atomic mass is 16.6. The molecule has 0 spiro atoms. The average molecular weight is 312 g/mol. The van der Waals surface area contributed by atoms with Crippen LogP contribution in [0.5, 0.6) is 11.5 Å². The summed E-state index contributed by atoms with van der Waals surface area (Å²) in [5.41, 5.74) is -0.212. The van der Waals surface area contributed by atoms with Gasteiger partial charge in [0, 0.05) is 6.42 Å². The van der Waals surface area contributed by atoms with Crippen LogP contribution in [-0.4, -0.2) is 41.0 Å². The summed E-state index contributed by atoms with van der Waals surface area (Å²) in [4.78, 5) is 23.0. The molecule has 0 aliphatic rings. The number of carbonyl (C=O) groups is 2. The topological polar surface area (TPSA) is 105 Å². The molecule has 1 aromatic rings. The van der Waals surface area contributed by atoms with Gasteiger partial charge in [0.25, 0.3) is 0 Å². The van der Waals surface area contributed by atoms with Gasteiger partial charge in [0.15, 0.2) is 11.5 Å². The van der Waals surface area contributed by atoms with Gasteiger partial charge in [0.1, 0.15) is 11.6 Å². The van der Waals surface area contributed by atoms with E-state index in [0.717, 1.165) is 0 Å². The molecule has 22 heavy (non-hydrogen) atoms. The van der Waals surface area contributed by atoms with E-state index in [1.54, 1.807) is 20.8 Å². The smallest absolute Gasteiger partial charge is 0.408 e. The number of benzene rings is 1. The number of carboxylic acids is 1. The zero-order valence-electron chi connectivity index (χ0n) is 13.8. The molecule has 0 bridgehead atoms. The molecule has 0 aromatic heterocycles. The number of ether oxygens (including phenoxy) is 2. The van der Waals surface area contributed by atoms with Crippen molar-refractivity contribution in [3.8, 4) is 11.5 Å². The number of hydrogen-bond acceptors (Lipinski definition) is 5. The minimum absolute atomic E-state index is 0.0246. The third kappa shape index (κ3) is 5.51. The summed E-state index contributed by atoms with van der Waals surface area (Å²) in [6, 6.07) is 3.08. The van der Waals surface area contributed by atoms with E-state index in [2.05, 4.69) is 5.32 Å². The Bertz CT molecular complexity index is 570. The number of carbonyl (C=O) groups excluding carboxylic acids is 1. The van der Waals surface area contributed by atoms with Gasteiger partial charge in [-0.15, -0.1) is 0 Å². The van der Waals surface area contributed by atoms with Crippen molar-refractivity contribution < 1.29 is 30.6 Å². The van der Waals surface area contributed by atoms with Crippen molar-refractivity contribution >= 4 is 12.1 Å². The molecule has 1 atom stereocenters. The highest BCUT2D eigenvalue weighted by molar-refractivity contribution is 5.80. The Kier molecular flexibility index (Phi) is 5.08. The zero-order chi connectivity index (χ0) is 17.6. The fourth-order valence-corrected chi connectivity index (χ4v) is 1.69. The molecule has 0 saturated heterocycles. The van der Waals surface area contributed by atoms with Crippen LogP contribution in [0.15, 0.2) is 18.2 Å². The normalized spacial score (nSPS) is 13.0. The Balaban J connectivity index is 2.82. The molecule has 1 rings (SSSR count). The van der Waals surface area contributed by atoms with Gasteiger partial charge in [0.2, 0.25) is 0 Å². The average Bonchev–Trinajstić information content (AvgIpc) is 2.39. The zero-order valence-corrected chi connectivity index (χ0v) is 12.8. The second-order valence-electron chi connectivity index (χ2n) is 5.69. The van der Waals surface area contributed by atoms with Crippen LogP contribution in [0.3, 0.4) is 0 Å². The van der Waals surface area contributed by atoms with Crippen molar-refractivity contribution in [1.29, 1.82) is 0 Å². The highest BCUT2D eigenvalue weighted by Crippen LogP contribution is 2.26. The van der Waals surface area contributed by atoms with Crippen LogP contribution in [0.2, 0.25) is 0 Å². The fraction of sp³-hybridized carbons (Fsp3) is 0.467. The van der Waals surface area contributed by atoms with Crippen molar-refractivity contribution in [1.82, 2.24) is 5.32 Å². The van der Waals surface area contributed by atoms with Crippen LogP contribution in [-0.2, 0) is 16.0 Å². The van der Waals surface area contributed by atoms with Crippen LogP contribution < -0.4 is 10.1 Å². The van der Waals surface area contributed by atoms with Gasteiger partial charge in [-0.2, -0.15) is 0 Å². The standard InChI is InChI=1S/C15H21NO6/c1-15(2,3)22-14(20)16-10(13(18)19)7-9-5-6-11(17)12(8-9)21-4/h5-6,8,10,17H,7H2,1-4H3,(H,16,20)(H,18,19)/t10-/m0/s1/i4D. The summed E-state index contributed by atoms with van der Waals surface area (Å²) in [7, 11) is -0.379. The molecule has 3 N–H and O–H groups in total. The van der Waals surface area contributed by atoms with Crippen LogP contribution in [0.25, 0.3) is 0 Å². The third-order valence-corrected chi connectivity index (χ3v) is 2.61. The van der Waals surface area contributed by atoms with Gasteiger partial charge in [-0.1, -0.05) is 6.07 Å². The molecule has 0 heterocycles. The summed E-state index contributed by atoms with van der Waals surface area (Å²) in [5.74, 6) is -1.28. The molecule has 7 heteroatoms. The lowest BCUT2D eigenvalue weighted by molar-refractivity contribution is -0.139. The molecular formula is C15H21NO6. The van der Waals surface area contributed by atoms with Crippen LogP contribution >= 0.6 is 0 Å². The first-order valence-electron chi connectivity index (χ1n) is 7.29. The van der Waals surface area contributed by atoms with E-state index in [9.17, 15) is 19.8 Å². The third-order valence-electron chi connectivity index (χ3n) is 2.61. The highest BCUT2D eigenvalue weighted by Gasteiger charge is 2.24. The molecule has 0 saturated carbocycles. The molecule has 0 fully saturated rings.